The first-order chi connectivity index (χ1) is 17.1. The number of benzene rings is 1. The second-order valence-corrected chi connectivity index (χ2v) is 10.8. The Balaban J connectivity index is 1.72. The Morgan fingerprint density at radius 3 is 2.77 bits per heavy atom. The molecule has 0 aromatic heterocycles. The summed E-state index contributed by atoms with van der Waals surface area (Å²) in [5.41, 5.74) is 5.70. The van der Waals surface area contributed by atoms with Crippen LogP contribution in [0, 0.1) is 29.1 Å². The fourth-order valence-corrected chi connectivity index (χ4v) is 6.41. The summed E-state index contributed by atoms with van der Waals surface area (Å²) in [6.07, 6.45) is 18.7. The number of hydrogen-bond donors (Lipinski definition) is 1. The first kappa shape index (κ1) is 25.7. The van der Waals surface area contributed by atoms with Crippen LogP contribution in [0.3, 0.4) is 0 Å². The Kier molecular flexibility index (Phi) is 8.85. The third kappa shape index (κ3) is 5.73. The number of hydrogen-bond acceptors (Lipinski definition) is 2. The van der Waals surface area contributed by atoms with Crippen LogP contribution in [0.5, 0.6) is 0 Å². The molecule has 3 atom stereocenters. The minimum atomic E-state index is -0.344. The quantitative estimate of drug-likeness (QED) is 0.256. The highest BCUT2D eigenvalue weighted by atomic mass is 16.3. The van der Waals surface area contributed by atoms with Crippen LogP contribution in [-0.2, 0) is 0 Å². The SMILES string of the molecule is C=CC[C@@]12C(=CC(=N\CCCC)/C(=C/c3cccc(C#CC4CCCCC4)c3)[C@@H]1C)CCC[C@@H]2O. The molecule has 0 aliphatic heterocycles. The molecule has 0 spiro atoms. The summed E-state index contributed by atoms with van der Waals surface area (Å²) >= 11 is 0. The van der Waals surface area contributed by atoms with Gasteiger partial charge in [0.2, 0.25) is 0 Å². The molecule has 2 saturated carbocycles. The first-order valence-corrected chi connectivity index (χ1v) is 14.0. The van der Waals surface area contributed by atoms with Crippen molar-refractivity contribution in [1.82, 2.24) is 0 Å². The lowest BCUT2D eigenvalue weighted by molar-refractivity contribution is 0.000749. The monoisotopic (exact) mass is 469 g/mol. The minimum Gasteiger partial charge on any atom is -0.392 e. The van der Waals surface area contributed by atoms with Crippen molar-refractivity contribution in [2.45, 2.75) is 90.6 Å². The summed E-state index contributed by atoms with van der Waals surface area (Å²) in [5, 5.41) is 11.3. The molecular formula is C33H43NO. The lowest BCUT2D eigenvalue weighted by Crippen LogP contribution is -2.48. The average molecular weight is 470 g/mol. The summed E-state index contributed by atoms with van der Waals surface area (Å²) in [4.78, 5) is 5.06. The van der Waals surface area contributed by atoms with Crippen molar-refractivity contribution in [3.63, 3.8) is 0 Å². The molecule has 0 saturated heterocycles. The molecule has 4 rings (SSSR count). The Bertz CT molecular complexity index is 1040. The van der Waals surface area contributed by atoms with E-state index in [1.165, 1.54) is 48.8 Å². The highest BCUT2D eigenvalue weighted by Gasteiger charge is 2.50. The maximum Gasteiger partial charge on any atom is 0.0642 e. The Hall–Kier alpha value is -2.37. The second kappa shape index (κ2) is 12.0. The first-order valence-electron chi connectivity index (χ1n) is 14.0. The van der Waals surface area contributed by atoms with Gasteiger partial charge in [-0.2, -0.15) is 0 Å². The molecular weight excluding hydrogens is 426 g/mol. The average Bonchev–Trinajstić information content (AvgIpc) is 2.87. The van der Waals surface area contributed by atoms with Crippen molar-refractivity contribution in [2.75, 3.05) is 6.54 Å². The summed E-state index contributed by atoms with van der Waals surface area (Å²) in [6.45, 7) is 9.42. The van der Waals surface area contributed by atoms with Gasteiger partial charge in [-0.25, -0.2) is 0 Å². The van der Waals surface area contributed by atoms with E-state index in [2.05, 4.69) is 68.7 Å². The van der Waals surface area contributed by atoms with Crippen LogP contribution >= 0.6 is 0 Å². The number of nitrogens with zero attached hydrogens (tertiary/aromatic N) is 1. The zero-order valence-corrected chi connectivity index (χ0v) is 21.9. The largest absolute Gasteiger partial charge is 0.392 e. The summed E-state index contributed by atoms with van der Waals surface area (Å²) in [6, 6.07) is 8.64. The highest BCUT2D eigenvalue weighted by molar-refractivity contribution is 6.13. The molecule has 2 heteroatoms. The van der Waals surface area contributed by atoms with Gasteiger partial charge >= 0.3 is 0 Å². The molecule has 0 bridgehead atoms. The van der Waals surface area contributed by atoms with Crippen LogP contribution < -0.4 is 0 Å². The van der Waals surface area contributed by atoms with E-state index >= 15 is 0 Å². The predicted octanol–water partition coefficient (Wildman–Crippen LogP) is 7.93. The highest BCUT2D eigenvalue weighted by Crippen LogP contribution is 2.54. The van der Waals surface area contributed by atoms with Gasteiger partial charge in [-0.05, 0) is 86.3 Å². The van der Waals surface area contributed by atoms with Gasteiger partial charge in [0.05, 0.1) is 11.8 Å². The van der Waals surface area contributed by atoms with Crippen LogP contribution in [0.2, 0.25) is 0 Å². The van der Waals surface area contributed by atoms with Gasteiger partial charge < -0.3 is 5.11 Å². The molecule has 1 aromatic carbocycles. The van der Waals surface area contributed by atoms with Gasteiger partial charge in [-0.3, -0.25) is 4.99 Å². The summed E-state index contributed by atoms with van der Waals surface area (Å²) < 4.78 is 0. The molecule has 3 aliphatic rings. The van der Waals surface area contributed by atoms with Gasteiger partial charge in [-0.15, -0.1) is 6.58 Å². The molecule has 2 nitrogen and oxygen atoms in total. The zero-order chi connectivity index (χ0) is 24.7. The summed E-state index contributed by atoms with van der Waals surface area (Å²) in [7, 11) is 0. The van der Waals surface area contributed by atoms with Gasteiger partial charge in [0.1, 0.15) is 0 Å². The number of fused-ring (bicyclic) bond motifs is 1. The fourth-order valence-electron chi connectivity index (χ4n) is 6.41. The molecule has 3 aliphatic carbocycles. The number of aliphatic imine (C=N–C) groups is 1. The molecule has 0 heterocycles. The lowest BCUT2D eigenvalue weighted by Gasteiger charge is -2.51. The standard InChI is InChI=1S/C33H43NO/c1-4-6-21-34-31-24-29-16-11-17-32(35)33(29,20-5-2)25(3)30(31)23-28-15-10-14-27(22-28)19-18-26-12-8-7-9-13-26/h5,10,14-15,22-26,32,35H,2,4,6-9,11-13,16-17,20-21H2,1,3H3/b30-23+,34-31+/t25-,32-,33-/m0/s1. The normalized spacial score (nSPS) is 29.3. The van der Waals surface area contributed by atoms with Crippen molar-refractivity contribution < 1.29 is 5.11 Å². The fraction of sp³-hybridized carbons (Fsp3) is 0.545. The van der Waals surface area contributed by atoms with E-state index in [0.717, 1.165) is 56.3 Å². The minimum absolute atomic E-state index is 0.174. The van der Waals surface area contributed by atoms with Crippen LogP contribution in [0.1, 0.15) is 95.6 Å². The molecule has 0 unspecified atom stereocenters. The maximum atomic E-state index is 11.3. The number of unbranched alkanes of at least 4 members (excludes halogenated alkanes) is 1. The van der Waals surface area contributed by atoms with Crippen molar-refractivity contribution in [2.24, 2.45) is 22.2 Å². The third-order valence-electron chi connectivity index (χ3n) is 8.47. The van der Waals surface area contributed by atoms with E-state index < -0.39 is 0 Å². The van der Waals surface area contributed by atoms with E-state index in [0.29, 0.717) is 5.92 Å². The molecule has 2 fully saturated rings. The van der Waals surface area contributed by atoms with Crippen LogP contribution in [0.25, 0.3) is 6.08 Å². The number of allylic oxidation sites excluding steroid dienone is 3. The predicted molar refractivity (Wildman–Crippen MR) is 149 cm³/mol. The van der Waals surface area contributed by atoms with Crippen LogP contribution in [0.4, 0.5) is 0 Å². The zero-order valence-electron chi connectivity index (χ0n) is 21.9. The number of rotatable bonds is 6. The third-order valence-corrected chi connectivity index (χ3v) is 8.47. The van der Waals surface area contributed by atoms with E-state index in [4.69, 9.17) is 4.99 Å². The van der Waals surface area contributed by atoms with E-state index in [1.54, 1.807) is 0 Å². The van der Waals surface area contributed by atoms with E-state index in [9.17, 15) is 5.11 Å². The second-order valence-electron chi connectivity index (χ2n) is 10.8. The van der Waals surface area contributed by atoms with Crippen molar-refractivity contribution >= 4 is 11.8 Å². The van der Waals surface area contributed by atoms with E-state index in [1.807, 2.05) is 6.08 Å². The number of aliphatic hydroxyl groups excluding tert-OH is 1. The Labute approximate surface area is 213 Å². The molecule has 0 radical (unpaired) electrons. The van der Waals surface area contributed by atoms with Gasteiger partial charge in [0.25, 0.3) is 0 Å². The maximum absolute atomic E-state index is 11.3. The molecule has 35 heavy (non-hydrogen) atoms. The lowest BCUT2D eigenvalue weighted by atomic mass is 9.55. The van der Waals surface area contributed by atoms with Crippen molar-refractivity contribution in [3.05, 3.63) is 65.3 Å². The summed E-state index contributed by atoms with van der Waals surface area (Å²) in [5.74, 6) is 7.73. The Morgan fingerprint density at radius 2 is 2.00 bits per heavy atom. The molecule has 1 N–H and O–H groups in total. The van der Waals surface area contributed by atoms with Gasteiger partial charge in [-0.1, -0.05) is 75.2 Å². The van der Waals surface area contributed by atoms with Crippen molar-refractivity contribution in [3.8, 4) is 11.8 Å². The van der Waals surface area contributed by atoms with E-state index in [-0.39, 0.29) is 17.4 Å². The van der Waals surface area contributed by atoms with Crippen LogP contribution in [-0.4, -0.2) is 23.5 Å². The molecule has 186 valence electrons. The van der Waals surface area contributed by atoms with Crippen LogP contribution in [0.15, 0.2) is 59.1 Å². The van der Waals surface area contributed by atoms with Gasteiger partial charge in [0.15, 0.2) is 0 Å². The number of aliphatic hydroxyl groups is 1. The van der Waals surface area contributed by atoms with Crippen molar-refractivity contribution in [1.29, 1.82) is 0 Å². The molecule has 0 amide bonds. The van der Waals surface area contributed by atoms with Gasteiger partial charge in [0, 0.05) is 23.4 Å². The molecule has 1 aromatic rings. The Morgan fingerprint density at radius 1 is 1.17 bits per heavy atom. The smallest absolute Gasteiger partial charge is 0.0642 e. The topological polar surface area (TPSA) is 32.6 Å².